The van der Waals surface area contributed by atoms with Crippen LogP contribution in [-0.2, 0) is 10.1 Å². The molecular weight excluding hydrogens is 300 g/mol. The van der Waals surface area contributed by atoms with Gasteiger partial charge in [0.05, 0.1) is 17.6 Å². The van der Waals surface area contributed by atoms with E-state index in [0.717, 1.165) is 5.69 Å². The van der Waals surface area contributed by atoms with Crippen molar-refractivity contribution >= 4 is 38.5 Å². The molecule has 0 radical (unpaired) electrons. The molecule has 2 aromatic rings. The van der Waals surface area contributed by atoms with Crippen LogP contribution in [0.3, 0.4) is 0 Å². The quantitative estimate of drug-likeness (QED) is 0.342. The Bertz CT molecular complexity index is 753. The maximum absolute atomic E-state index is 11.0. The Balaban J connectivity index is 2.13. The van der Waals surface area contributed by atoms with Crippen LogP contribution in [0.1, 0.15) is 11.3 Å². The van der Waals surface area contributed by atoms with Crippen molar-refractivity contribution < 1.29 is 13.0 Å². The van der Waals surface area contributed by atoms with Gasteiger partial charge in [0.15, 0.2) is 0 Å². The van der Waals surface area contributed by atoms with Gasteiger partial charge in [0.25, 0.3) is 10.1 Å². The van der Waals surface area contributed by atoms with Crippen molar-refractivity contribution in [2.75, 3.05) is 11.2 Å². The monoisotopic (exact) mass is 312 g/mol. The van der Waals surface area contributed by atoms with E-state index in [1.807, 2.05) is 12.3 Å². The lowest BCUT2D eigenvalue weighted by atomic mass is 10.2. The summed E-state index contributed by atoms with van der Waals surface area (Å²) in [5.41, 5.74) is 9.76. The van der Waals surface area contributed by atoms with Crippen LogP contribution in [0.15, 0.2) is 33.6 Å². The molecule has 1 aromatic carbocycles. The molecule has 0 aliphatic rings. The number of nitrogen functional groups attached to an aromatic ring is 1. The zero-order valence-corrected chi connectivity index (χ0v) is 12.1. The van der Waals surface area contributed by atoms with Crippen LogP contribution in [-0.4, -0.2) is 24.2 Å². The van der Waals surface area contributed by atoms with Crippen LogP contribution in [0, 0.1) is 6.92 Å². The summed E-state index contributed by atoms with van der Waals surface area (Å²) in [5.74, 6) is 0. The average molecular weight is 312 g/mol. The largest absolute Gasteiger partial charge is 0.398 e. The smallest absolute Gasteiger partial charge is 0.296 e. The molecule has 7 nitrogen and oxygen atoms in total. The van der Waals surface area contributed by atoms with Gasteiger partial charge in [-0.2, -0.15) is 13.5 Å². The fourth-order valence-electron chi connectivity index (χ4n) is 1.45. The van der Waals surface area contributed by atoms with Crippen molar-refractivity contribution in [2.24, 2.45) is 5.10 Å². The Hall–Kier alpha value is -1.97. The third-order valence-corrected chi connectivity index (χ3v) is 4.10. The molecule has 9 heteroatoms. The van der Waals surface area contributed by atoms with Crippen molar-refractivity contribution in [3.05, 3.63) is 34.8 Å². The topological polar surface area (TPSA) is 118 Å². The van der Waals surface area contributed by atoms with Crippen LogP contribution in [0.25, 0.3) is 0 Å². The van der Waals surface area contributed by atoms with E-state index < -0.39 is 10.1 Å². The van der Waals surface area contributed by atoms with Gasteiger partial charge < -0.3 is 5.73 Å². The van der Waals surface area contributed by atoms with Crippen molar-refractivity contribution in [1.29, 1.82) is 0 Å². The number of aromatic nitrogens is 1. The zero-order chi connectivity index (χ0) is 14.8. The minimum Gasteiger partial charge on any atom is -0.398 e. The van der Waals surface area contributed by atoms with Crippen LogP contribution < -0.4 is 11.2 Å². The predicted molar refractivity (Wildman–Crippen MR) is 78.7 cm³/mol. The summed E-state index contributed by atoms with van der Waals surface area (Å²) in [5, 5.41) is 6.50. The highest BCUT2D eigenvalue weighted by Gasteiger charge is 2.13. The molecule has 0 fully saturated rings. The second kappa shape index (κ2) is 5.57. The second-order valence-electron chi connectivity index (χ2n) is 3.94. The number of hydrogen-bond donors (Lipinski definition) is 3. The van der Waals surface area contributed by atoms with E-state index >= 15 is 0 Å². The van der Waals surface area contributed by atoms with Crippen LogP contribution >= 0.6 is 11.3 Å². The molecule has 106 valence electrons. The summed E-state index contributed by atoms with van der Waals surface area (Å²) in [7, 11) is -4.30. The number of thiazole rings is 1. The molecule has 1 aromatic heterocycles. The lowest BCUT2D eigenvalue weighted by Crippen LogP contribution is -2.03. The minimum absolute atomic E-state index is 0.0402. The third kappa shape index (κ3) is 3.53. The standard InChI is InChI=1S/C11H12N4O3S2/c1-7-6-19-11(14-7)15-13-5-8-2-3-10(9(12)4-8)20(16,17)18/h2-6H,12H2,1H3,(H,14,15)(H,16,17,18). The summed E-state index contributed by atoms with van der Waals surface area (Å²) < 4.78 is 30.9. The molecule has 0 unspecified atom stereocenters. The summed E-state index contributed by atoms with van der Waals surface area (Å²) in [4.78, 5) is 3.84. The lowest BCUT2D eigenvalue weighted by molar-refractivity contribution is 0.483. The number of nitrogens with zero attached hydrogens (tertiary/aromatic N) is 2. The highest BCUT2D eigenvalue weighted by Crippen LogP contribution is 2.19. The van der Waals surface area contributed by atoms with Crippen molar-refractivity contribution in [3.63, 3.8) is 0 Å². The van der Waals surface area contributed by atoms with E-state index in [1.54, 1.807) is 0 Å². The summed E-state index contributed by atoms with van der Waals surface area (Å²) in [6.45, 7) is 1.88. The van der Waals surface area contributed by atoms with E-state index in [4.69, 9.17) is 10.3 Å². The van der Waals surface area contributed by atoms with E-state index in [1.165, 1.54) is 35.8 Å². The van der Waals surface area contributed by atoms with Crippen LogP contribution in [0.4, 0.5) is 10.8 Å². The molecule has 0 saturated carbocycles. The summed E-state index contributed by atoms with van der Waals surface area (Å²) in [6.07, 6.45) is 1.47. The Morgan fingerprint density at radius 2 is 2.25 bits per heavy atom. The molecule has 20 heavy (non-hydrogen) atoms. The van der Waals surface area contributed by atoms with Crippen LogP contribution in [0.2, 0.25) is 0 Å². The van der Waals surface area contributed by atoms with Crippen molar-refractivity contribution in [3.8, 4) is 0 Å². The molecule has 1 heterocycles. The first-order valence-corrected chi connectivity index (χ1v) is 7.76. The number of hydrazone groups is 1. The molecule has 0 atom stereocenters. The van der Waals surface area contributed by atoms with Crippen molar-refractivity contribution in [1.82, 2.24) is 4.98 Å². The van der Waals surface area contributed by atoms with Gasteiger partial charge in [-0.25, -0.2) is 4.98 Å². The SMILES string of the molecule is Cc1csc(NN=Cc2ccc(S(=O)(=O)O)c(N)c2)n1. The molecule has 4 N–H and O–H groups in total. The Morgan fingerprint density at radius 1 is 1.50 bits per heavy atom. The molecular formula is C11H12N4O3S2. The first-order valence-electron chi connectivity index (χ1n) is 5.44. The van der Waals surface area contributed by atoms with E-state index in [-0.39, 0.29) is 10.6 Å². The first-order chi connectivity index (χ1) is 9.36. The van der Waals surface area contributed by atoms with E-state index in [2.05, 4.69) is 15.5 Å². The predicted octanol–water partition coefficient (Wildman–Crippen LogP) is 1.73. The third-order valence-electron chi connectivity index (χ3n) is 2.30. The fourth-order valence-corrected chi connectivity index (χ4v) is 2.68. The molecule has 0 aliphatic carbocycles. The lowest BCUT2D eigenvalue weighted by Gasteiger charge is -2.02. The van der Waals surface area contributed by atoms with Gasteiger partial charge in [0, 0.05) is 5.38 Å². The highest BCUT2D eigenvalue weighted by molar-refractivity contribution is 7.86. The van der Waals surface area contributed by atoms with Gasteiger partial charge in [0.2, 0.25) is 5.13 Å². The van der Waals surface area contributed by atoms with E-state index in [0.29, 0.717) is 10.7 Å². The van der Waals surface area contributed by atoms with Gasteiger partial charge in [-0.3, -0.25) is 9.98 Å². The van der Waals surface area contributed by atoms with Gasteiger partial charge in [0.1, 0.15) is 4.90 Å². The molecule has 2 rings (SSSR count). The maximum Gasteiger partial charge on any atom is 0.296 e. The first kappa shape index (κ1) is 14.4. The average Bonchev–Trinajstić information content (AvgIpc) is 2.73. The summed E-state index contributed by atoms with van der Waals surface area (Å²) >= 11 is 1.42. The zero-order valence-electron chi connectivity index (χ0n) is 10.4. The second-order valence-corrected chi connectivity index (χ2v) is 6.18. The van der Waals surface area contributed by atoms with Gasteiger partial charge in [-0.05, 0) is 24.6 Å². The number of rotatable bonds is 4. The van der Waals surface area contributed by atoms with Gasteiger partial charge >= 0.3 is 0 Å². The minimum atomic E-state index is -4.30. The molecule has 0 amide bonds. The van der Waals surface area contributed by atoms with E-state index in [9.17, 15) is 8.42 Å². The molecule has 0 bridgehead atoms. The Morgan fingerprint density at radius 3 is 2.80 bits per heavy atom. The molecule has 0 spiro atoms. The maximum atomic E-state index is 11.0. The molecule has 0 aliphatic heterocycles. The Kier molecular flexibility index (Phi) is 4.02. The Labute approximate surface area is 119 Å². The van der Waals surface area contributed by atoms with Crippen molar-refractivity contribution in [2.45, 2.75) is 11.8 Å². The number of benzene rings is 1. The number of anilines is 2. The summed E-state index contributed by atoms with van der Waals surface area (Å²) in [6, 6.07) is 4.11. The number of aryl methyl sites for hydroxylation is 1. The normalized spacial score (nSPS) is 11.9. The van der Waals surface area contributed by atoms with Crippen LogP contribution in [0.5, 0.6) is 0 Å². The highest BCUT2D eigenvalue weighted by atomic mass is 32.2. The number of nitrogens with one attached hydrogen (secondary N) is 1. The number of nitrogens with two attached hydrogens (primary N) is 1. The van der Waals surface area contributed by atoms with Gasteiger partial charge in [-0.15, -0.1) is 11.3 Å². The van der Waals surface area contributed by atoms with Gasteiger partial charge in [-0.1, -0.05) is 6.07 Å². The molecule has 0 saturated heterocycles. The fraction of sp³-hybridized carbons (Fsp3) is 0.0909. The number of hydrogen-bond acceptors (Lipinski definition) is 7.